The van der Waals surface area contributed by atoms with Gasteiger partial charge in [-0.1, -0.05) is 23.7 Å². The van der Waals surface area contributed by atoms with Gasteiger partial charge in [-0.3, -0.25) is 4.79 Å². The Morgan fingerprint density at radius 3 is 2.62 bits per heavy atom. The van der Waals surface area contributed by atoms with Crippen molar-refractivity contribution in [3.8, 4) is 0 Å². The highest BCUT2D eigenvalue weighted by atomic mass is 35.5. The lowest BCUT2D eigenvalue weighted by molar-refractivity contribution is -0.114. The van der Waals surface area contributed by atoms with Gasteiger partial charge in [0.25, 0.3) is 0 Å². The van der Waals surface area contributed by atoms with Crippen molar-refractivity contribution in [1.29, 1.82) is 0 Å². The summed E-state index contributed by atoms with van der Waals surface area (Å²) in [5.74, 6) is -0.552. The van der Waals surface area contributed by atoms with E-state index in [1.807, 2.05) is 13.0 Å². The molecule has 0 bridgehead atoms. The number of amides is 1. The molecule has 0 aliphatic rings. The summed E-state index contributed by atoms with van der Waals surface area (Å²) in [7, 11) is 0. The zero-order valence-electron chi connectivity index (χ0n) is 11.8. The molecule has 0 aliphatic heterocycles. The number of rotatable bonds is 4. The van der Waals surface area contributed by atoms with Crippen LogP contribution in [0.2, 0.25) is 5.02 Å². The van der Waals surface area contributed by atoms with E-state index >= 15 is 0 Å². The van der Waals surface area contributed by atoms with Crippen molar-refractivity contribution < 1.29 is 9.18 Å². The van der Waals surface area contributed by atoms with Gasteiger partial charge in [0.05, 0.1) is 17.3 Å². The third-order valence-electron chi connectivity index (χ3n) is 3.02. The first-order valence-electron chi connectivity index (χ1n) is 6.52. The Morgan fingerprint density at radius 2 is 1.95 bits per heavy atom. The standard InChI is InChI=1S/C16H16ClFN2O/c1-10-3-6-15(13(17)7-10)20-16(21)9-19-12-5-4-11(2)14(18)8-12/h3-8,19H,9H2,1-2H3,(H,20,21). The summed E-state index contributed by atoms with van der Waals surface area (Å²) < 4.78 is 13.4. The van der Waals surface area contributed by atoms with Crippen molar-refractivity contribution in [2.24, 2.45) is 0 Å². The van der Waals surface area contributed by atoms with Crippen LogP contribution in [-0.4, -0.2) is 12.5 Å². The molecular weight excluding hydrogens is 291 g/mol. The molecule has 0 atom stereocenters. The normalized spacial score (nSPS) is 10.3. The molecule has 0 fully saturated rings. The topological polar surface area (TPSA) is 41.1 Å². The molecule has 5 heteroatoms. The van der Waals surface area contributed by atoms with Crippen LogP contribution in [0.3, 0.4) is 0 Å². The van der Waals surface area contributed by atoms with Crippen LogP contribution >= 0.6 is 11.6 Å². The maximum atomic E-state index is 13.4. The van der Waals surface area contributed by atoms with E-state index in [1.54, 1.807) is 31.2 Å². The summed E-state index contributed by atoms with van der Waals surface area (Å²) >= 11 is 6.04. The fraction of sp³-hybridized carbons (Fsp3) is 0.188. The number of hydrogen-bond donors (Lipinski definition) is 2. The molecule has 2 N–H and O–H groups in total. The number of hydrogen-bond acceptors (Lipinski definition) is 2. The summed E-state index contributed by atoms with van der Waals surface area (Å²) in [6.07, 6.45) is 0. The minimum absolute atomic E-state index is 0.0344. The van der Waals surface area contributed by atoms with E-state index in [9.17, 15) is 9.18 Å². The van der Waals surface area contributed by atoms with Crippen LogP contribution in [0.4, 0.5) is 15.8 Å². The molecule has 3 nitrogen and oxygen atoms in total. The fourth-order valence-corrected chi connectivity index (χ4v) is 2.08. The molecule has 110 valence electrons. The van der Waals surface area contributed by atoms with Gasteiger partial charge in [0.15, 0.2) is 0 Å². The van der Waals surface area contributed by atoms with E-state index in [0.717, 1.165) is 5.56 Å². The molecular formula is C16H16ClFN2O. The molecule has 0 aliphatic carbocycles. The van der Waals surface area contributed by atoms with Gasteiger partial charge in [-0.05, 0) is 49.2 Å². The number of carbonyl (C=O) groups is 1. The Bertz CT molecular complexity index is 673. The van der Waals surface area contributed by atoms with Gasteiger partial charge in [-0.2, -0.15) is 0 Å². The average molecular weight is 307 g/mol. The van der Waals surface area contributed by atoms with Crippen LogP contribution < -0.4 is 10.6 Å². The Hall–Kier alpha value is -2.07. The molecule has 0 radical (unpaired) electrons. The maximum Gasteiger partial charge on any atom is 0.243 e. The summed E-state index contributed by atoms with van der Waals surface area (Å²) in [4.78, 5) is 11.8. The van der Waals surface area contributed by atoms with Crippen molar-refractivity contribution in [3.63, 3.8) is 0 Å². The van der Waals surface area contributed by atoms with Crippen molar-refractivity contribution in [3.05, 3.63) is 58.4 Å². The zero-order chi connectivity index (χ0) is 15.4. The first-order valence-corrected chi connectivity index (χ1v) is 6.89. The fourth-order valence-electron chi connectivity index (χ4n) is 1.80. The van der Waals surface area contributed by atoms with Crippen LogP contribution in [0.1, 0.15) is 11.1 Å². The van der Waals surface area contributed by atoms with Gasteiger partial charge in [0, 0.05) is 5.69 Å². The van der Waals surface area contributed by atoms with E-state index in [0.29, 0.717) is 22.0 Å². The Balaban J connectivity index is 1.94. The SMILES string of the molecule is Cc1ccc(NC(=O)CNc2ccc(C)c(F)c2)c(Cl)c1. The van der Waals surface area contributed by atoms with Crippen LogP contribution in [0.25, 0.3) is 0 Å². The predicted molar refractivity (Wildman–Crippen MR) is 84.4 cm³/mol. The lowest BCUT2D eigenvalue weighted by atomic mass is 10.2. The Labute approximate surface area is 128 Å². The lowest BCUT2D eigenvalue weighted by Crippen LogP contribution is -2.22. The number of halogens is 2. The third kappa shape index (κ3) is 4.20. The predicted octanol–water partition coefficient (Wildman–Crippen LogP) is 4.15. The van der Waals surface area contributed by atoms with Crippen LogP contribution in [0, 0.1) is 19.7 Å². The van der Waals surface area contributed by atoms with Crippen molar-refractivity contribution in [2.45, 2.75) is 13.8 Å². The molecule has 0 saturated carbocycles. The van der Waals surface area contributed by atoms with Crippen molar-refractivity contribution >= 4 is 28.9 Å². The summed E-state index contributed by atoms with van der Waals surface area (Å²) in [5.41, 5.74) is 2.70. The smallest absolute Gasteiger partial charge is 0.243 e. The second-order valence-electron chi connectivity index (χ2n) is 4.85. The second-order valence-corrected chi connectivity index (χ2v) is 5.26. The van der Waals surface area contributed by atoms with E-state index < -0.39 is 0 Å². The molecule has 0 unspecified atom stereocenters. The highest BCUT2D eigenvalue weighted by molar-refractivity contribution is 6.33. The van der Waals surface area contributed by atoms with E-state index in [2.05, 4.69) is 10.6 Å². The number of benzene rings is 2. The lowest BCUT2D eigenvalue weighted by Gasteiger charge is -2.10. The molecule has 1 amide bonds. The summed E-state index contributed by atoms with van der Waals surface area (Å²) in [5, 5.41) is 6.07. The number of aryl methyl sites for hydroxylation is 2. The van der Waals surface area contributed by atoms with Gasteiger partial charge in [-0.15, -0.1) is 0 Å². The quantitative estimate of drug-likeness (QED) is 0.891. The number of carbonyl (C=O) groups excluding carboxylic acids is 1. The van der Waals surface area contributed by atoms with Gasteiger partial charge in [0.1, 0.15) is 5.82 Å². The average Bonchev–Trinajstić information content (AvgIpc) is 2.43. The van der Waals surface area contributed by atoms with Crippen molar-refractivity contribution in [1.82, 2.24) is 0 Å². The van der Waals surface area contributed by atoms with Crippen molar-refractivity contribution in [2.75, 3.05) is 17.2 Å². The van der Waals surface area contributed by atoms with Gasteiger partial charge < -0.3 is 10.6 Å². The second kappa shape index (κ2) is 6.59. The van der Waals surface area contributed by atoms with Crippen LogP contribution in [-0.2, 0) is 4.79 Å². The third-order valence-corrected chi connectivity index (χ3v) is 3.34. The Morgan fingerprint density at radius 1 is 1.19 bits per heavy atom. The minimum atomic E-state index is -0.304. The highest BCUT2D eigenvalue weighted by Crippen LogP contribution is 2.22. The van der Waals surface area contributed by atoms with Crippen LogP contribution in [0.15, 0.2) is 36.4 Å². The summed E-state index contributed by atoms with van der Waals surface area (Å²) in [6, 6.07) is 10.1. The van der Waals surface area contributed by atoms with E-state index in [-0.39, 0.29) is 18.3 Å². The number of anilines is 2. The monoisotopic (exact) mass is 306 g/mol. The van der Waals surface area contributed by atoms with Gasteiger partial charge in [0.2, 0.25) is 5.91 Å². The molecule has 0 saturated heterocycles. The molecule has 0 spiro atoms. The minimum Gasteiger partial charge on any atom is -0.376 e. The summed E-state index contributed by atoms with van der Waals surface area (Å²) in [6.45, 7) is 3.64. The number of nitrogens with one attached hydrogen (secondary N) is 2. The molecule has 2 aromatic rings. The van der Waals surface area contributed by atoms with Crippen LogP contribution in [0.5, 0.6) is 0 Å². The zero-order valence-corrected chi connectivity index (χ0v) is 12.6. The first kappa shape index (κ1) is 15.3. The molecule has 0 aromatic heterocycles. The van der Waals surface area contributed by atoms with E-state index in [4.69, 9.17) is 11.6 Å². The molecule has 2 rings (SSSR count). The highest BCUT2D eigenvalue weighted by Gasteiger charge is 2.06. The molecule has 21 heavy (non-hydrogen) atoms. The molecule has 0 heterocycles. The van der Waals surface area contributed by atoms with Gasteiger partial charge in [-0.25, -0.2) is 4.39 Å². The largest absolute Gasteiger partial charge is 0.376 e. The van der Waals surface area contributed by atoms with Gasteiger partial charge >= 0.3 is 0 Å². The maximum absolute atomic E-state index is 13.4. The first-order chi connectivity index (χ1) is 9.95. The Kier molecular flexibility index (Phi) is 4.81. The van der Waals surface area contributed by atoms with E-state index in [1.165, 1.54) is 6.07 Å². The molecule has 2 aromatic carbocycles.